The van der Waals surface area contributed by atoms with Crippen molar-refractivity contribution in [1.82, 2.24) is 14.7 Å². The molecule has 1 aromatic heterocycles. The van der Waals surface area contributed by atoms with Crippen LogP contribution in [0, 0.1) is 5.82 Å². The first-order chi connectivity index (χ1) is 15.5. The monoisotopic (exact) mass is 481 g/mol. The fourth-order valence-electron chi connectivity index (χ4n) is 4.08. The van der Waals surface area contributed by atoms with Gasteiger partial charge in [0.05, 0.1) is 23.4 Å². The van der Waals surface area contributed by atoms with Gasteiger partial charge in [-0.1, -0.05) is 29.8 Å². The van der Waals surface area contributed by atoms with E-state index in [1.165, 1.54) is 28.9 Å². The van der Waals surface area contributed by atoms with Gasteiger partial charge in [0, 0.05) is 22.7 Å². The van der Waals surface area contributed by atoms with Crippen molar-refractivity contribution in [2.24, 2.45) is 11.5 Å². The molecule has 0 fully saturated rings. The Morgan fingerprint density at radius 3 is 2.39 bits per heavy atom. The third-order valence-corrected chi connectivity index (χ3v) is 5.70. The molecule has 0 spiro atoms. The number of urea groups is 1. The molecule has 172 valence electrons. The lowest BCUT2D eigenvalue weighted by Gasteiger charge is -2.37. The number of alkyl halides is 3. The van der Waals surface area contributed by atoms with Crippen molar-refractivity contribution in [3.05, 3.63) is 75.7 Å². The van der Waals surface area contributed by atoms with E-state index in [0.717, 1.165) is 23.1 Å². The summed E-state index contributed by atoms with van der Waals surface area (Å²) >= 11 is 6.21. The Hall–Kier alpha value is -3.60. The highest BCUT2D eigenvalue weighted by atomic mass is 35.5. The molecule has 3 amide bonds. The smallest absolute Gasteiger partial charge is 0.365 e. The molecule has 3 aromatic rings. The number of rotatable bonds is 3. The van der Waals surface area contributed by atoms with Gasteiger partial charge < -0.3 is 16.4 Å². The van der Waals surface area contributed by atoms with Crippen molar-refractivity contribution >= 4 is 23.5 Å². The number of carbonyl (C=O) groups excluding carboxylic acids is 2. The van der Waals surface area contributed by atoms with Crippen LogP contribution in [0.5, 0.6) is 0 Å². The number of amides is 3. The molecule has 2 aromatic carbocycles. The highest BCUT2D eigenvalue weighted by molar-refractivity contribution is 6.31. The zero-order chi connectivity index (χ0) is 24.1. The average molecular weight is 482 g/mol. The SMILES string of the molecule is NC(=O)c1c(-c2cccc(F)c2)nn2c1C(c1c(Cl)cccc1C(F)(F)F)N(C(N)=O)CC2. The number of benzene rings is 2. The van der Waals surface area contributed by atoms with Crippen LogP contribution in [0.4, 0.5) is 22.4 Å². The fraction of sp³-hybridized carbons (Fsp3) is 0.190. The molecule has 1 unspecified atom stereocenters. The number of nitrogens with zero attached hydrogens (tertiary/aromatic N) is 3. The molecular formula is C21H16ClF4N5O2. The standard InChI is InChI=1S/C21H16ClF4N5O2/c22-13-6-2-5-12(21(24,25)26)14(13)17-18-15(19(27)32)16(10-3-1-4-11(23)9-10)29-31(18)8-7-30(17)20(28)33/h1-6,9,17H,7-8H2,(H2,27,32)(H2,28,33). The number of aromatic nitrogens is 2. The topological polar surface area (TPSA) is 107 Å². The van der Waals surface area contributed by atoms with E-state index in [4.69, 9.17) is 23.1 Å². The van der Waals surface area contributed by atoms with Crippen molar-refractivity contribution in [1.29, 1.82) is 0 Å². The molecule has 0 saturated carbocycles. The number of primary amides is 2. The Morgan fingerprint density at radius 2 is 1.79 bits per heavy atom. The molecule has 4 N–H and O–H groups in total. The molecule has 33 heavy (non-hydrogen) atoms. The van der Waals surface area contributed by atoms with Crippen LogP contribution in [0.3, 0.4) is 0 Å². The van der Waals surface area contributed by atoms with Crippen LogP contribution < -0.4 is 11.5 Å². The van der Waals surface area contributed by atoms with E-state index in [2.05, 4.69) is 5.10 Å². The Kier molecular flexibility index (Phi) is 5.52. The van der Waals surface area contributed by atoms with E-state index < -0.39 is 41.1 Å². The van der Waals surface area contributed by atoms with Crippen molar-refractivity contribution in [2.75, 3.05) is 6.54 Å². The lowest BCUT2D eigenvalue weighted by molar-refractivity contribution is -0.138. The van der Waals surface area contributed by atoms with E-state index in [1.54, 1.807) is 0 Å². The summed E-state index contributed by atoms with van der Waals surface area (Å²) in [4.78, 5) is 25.7. The van der Waals surface area contributed by atoms with E-state index >= 15 is 0 Å². The average Bonchev–Trinajstić information content (AvgIpc) is 3.12. The Bertz CT molecular complexity index is 1270. The van der Waals surface area contributed by atoms with Crippen molar-refractivity contribution in [3.8, 4) is 11.3 Å². The molecule has 0 saturated heterocycles. The van der Waals surface area contributed by atoms with Crippen LogP contribution in [0.25, 0.3) is 11.3 Å². The Labute approximate surface area is 189 Å². The zero-order valence-electron chi connectivity index (χ0n) is 16.7. The van der Waals surface area contributed by atoms with Gasteiger partial charge in [-0.25, -0.2) is 9.18 Å². The predicted molar refractivity (Wildman–Crippen MR) is 111 cm³/mol. The fourth-order valence-corrected chi connectivity index (χ4v) is 4.35. The number of halogens is 5. The molecular weight excluding hydrogens is 466 g/mol. The van der Waals surface area contributed by atoms with Gasteiger partial charge in [-0.2, -0.15) is 18.3 Å². The van der Waals surface area contributed by atoms with Gasteiger partial charge in [-0.3, -0.25) is 9.48 Å². The summed E-state index contributed by atoms with van der Waals surface area (Å²) in [7, 11) is 0. The highest BCUT2D eigenvalue weighted by Gasteiger charge is 2.44. The minimum atomic E-state index is -4.83. The summed E-state index contributed by atoms with van der Waals surface area (Å²) in [5.74, 6) is -1.64. The largest absolute Gasteiger partial charge is 0.416 e. The predicted octanol–water partition coefficient (Wildman–Crippen LogP) is 3.94. The third-order valence-electron chi connectivity index (χ3n) is 5.37. The molecule has 0 aliphatic carbocycles. The molecule has 2 heterocycles. The summed E-state index contributed by atoms with van der Waals surface area (Å²) in [6.07, 6.45) is -4.83. The van der Waals surface area contributed by atoms with E-state index in [1.807, 2.05) is 0 Å². The Balaban J connectivity index is 2.07. The molecule has 1 aliphatic heterocycles. The summed E-state index contributed by atoms with van der Waals surface area (Å²) in [6.45, 7) is -0.103. The van der Waals surface area contributed by atoms with Gasteiger partial charge >= 0.3 is 12.2 Å². The number of fused-ring (bicyclic) bond motifs is 1. The molecule has 7 nitrogen and oxygen atoms in total. The summed E-state index contributed by atoms with van der Waals surface area (Å²) < 4.78 is 56.9. The lowest BCUT2D eigenvalue weighted by Crippen LogP contribution is -2.46. The number of hydrogen-bond acceptors (Lipinski definition) is 3. The maximum Gasteiger partial charge on any atom is 0.416 e. The second-order valence-electron chi connectivity index (χ2n) is 7.34. The van der Waals surface area contributed by atoms with Crippen LogP contribution >= 0.6 is 11.6 Å². The van der Waals surface area contributed by atoms with Gasteiger partial charge in [0.25, 0.3) is 5.91 Å². The summed E-state index contributed by atoms with van der Waals surface area (Å²) in [5.41, 5.74) is 9.32. The summed E-state index contributed by atoms with van der Waals surface area (Å²) in [5, 5.41) is 4.03. The first kappa shape index (κ1) is 22.6. The second-order valence-corrected chi connectivity index (χ2v) is 7.75. The van der Waals surface area contributed by atoms with Crippen LogP contribution in [-0.2, 0) is 12.7 Å². The van der Waals surface area contributed by atoms with Crippen molar-refractivity contribution in [3.63, 3.8) is 0 Å². The third kappa shape index (κ3) is 3.88. The van der Waals surface area contributed by atoms with Gasteiger partial charge in [-0.15, -0.1) is 0 Å². The minimum absolute atomic E-state index is 0.0101. The summed E-state index contributed by atoms with van der Waals surface area (Å²) in [6, 6.07) is 5.78. The molecule has 1 aliphatic rings. The van der Waals surface area contributed by atoms with Crippen LogP contribution in [0.2, 0.25) is 5.02 Å². The first-order valence-electron chi connectivity index (χ1n) is 9.58. The first-order valence-corrected chi connectivity index (χ1v) is 9.96. The van der Waals surface area contributed by atoms with E-state index in [-0.39, 0.29) is 40.6 Å². The highest BCUT2D eigenvalue weighted by Crippen LogP contribution is 2.45. The number of nitrogens with two attached hydrogens (primary N) is 2. The van der Waals surface area contributed by atoms with Crippen molar-refractivity contribution in [2.45, 2.75) is 18.8 Å². The van der Waals surface area contributed by atoms with Crippen molar-refractivity contribution < 1.29 is 27.2 Å². The zero-order valence-corrected chi connectivity index (χ0v) is 17.5. The van der Waals surface area contributed by atoms with E-state index in [0.29, 0.717) is 0 Å². The molecule has 0 radical (unpaired) electrons. The van der Waals surface area contributed by atoms with Gasteiger partial charge in [0.2, 0.25) is 0 Å². The second kappa shape index (κ2) is 8.07. The maximum atomic E-state index is 13.9. The maximum absolute atomic E-state index is 13.9. The van der Waals surface area contributed by atoms with E-state index in [9.17, 15) is 27.2 Å². The minimum Gasteiger partial charge on any atom is -0.365 e. The Morgan fingerprint density at radius 1 is 1.09 bits per heavy atom. The molecule has 4 rings (SSSR count). The molecule has 12 heteroatoms. The van der Waals surface area contributed by atoms with Gasteiger partial charge in [-0.05, 0) is 24.3 Å². The quantitative estimate of drug-likeness (QED) is 0.553. The van der Waals surface area contributed by atoms with Crippen LogP contribution in [-0.4, -0.2) is 33.2 Å². The normalized spacial score (nSPS) is 15.9. The van der Waals surface area contributed by atoms with Crippen LogP contribution in [0.1, 0.15) is 33.2 Å². The lowest BCUT2D eigenvalue weighted by atomic mass is 9.91. The van der Waals surface area contributed by atoms with Crippen LogP contribution in [0.15, 0.2) is 42.5 Å². The molecule has 0 bridgehead atoms. The van der Waals surface area contributed by atoms with Gasteiger partial charge in [0.1, 0.15) is 17.6 Å². The number of carbonyl (C=O) groups is 2. The van der Waals surface area contributed by atoms with Gasteiger partial charge in [0.15, 0.2) is 0 Å². The molecule has 1 atom stereocenters. The number of hydrogen-bond donors (Lipinski definition) is 2.